The highest BCUT2D eigenvalue weighted by molar-refractivity contribution is 5.72. The average molecular weight is 432 g/mol. The number of nitrogens with zero attached hydrogens (tertiary/aromatic N) is 3. The Labute approximate surface area is 183 Å². The molecule has 8 nitrogen and oxygen atoms in total. The van der Waals surface area contributed by atoms with Crippen LogP contribution in [0.25, 0.3) is 11.3 Å². The molecule has 31 heavy (non-hydrogen) atoms. The quantitative estimate of drug-likeness (QED) is 0.395. The number of carbonyl (C=O) groups excluding carboxylic acids is 2. The summed E-state index contributed by atoms with van der Waals surface area (Å²) in [4.78, 5) is 23.3. The number of hydrogen-bond donors (Lipinski definition) is 0. The highest BCUT2D eigenvalue weighted by Crippen LogP contribution is 2.19. The first-order valence-corrected chi connectivity index (χ1v) is 10.6. The van der Waals surface area contributed by atoms with Crippen LogP contribution in [0, 0.1) is 0 Å². The number of rotatable bonds is 11. The van der Waals surface area contributed by atoms with Crippen molar-refractivity contribution >= 4 is 11.9 Å². The monoisotopic (exact) mass is 431 g/mol. The van der Waals surface area contributed by atoms with Crippen LogP contribution in [-0.2, 0) is 30.2 Å². The van der Waals surface area contributed by atoms with E-state index in [1.807, 2.05) is 29.1 Å². The summed E-state index contributed by atoms with van der Waals surface area (Å²) >= 11 is 0. The minimum atomic E-state index is -0.541. The van der Waals surface area contributed by atoms with Crippen LogP contribution >= 0.6 is 0 Å². The maximum Gasteiger partial charge on any atom is 0.309 e. The van der Waals surface area contributed by atoms with Crippen LogP contribution in [0.3, 0.4) is 0 Å². The summed E-state index contributed by atoms with van der Waals surface area (Å²) < 4.78 is 17.6. The van der Waals surface area contributed by atoms with Crippen molar-refractivity contribution in [1.82, 2.24) is 15.0 Å². The first-order valence-electron chi connectivity index (χ1n) is 10.6. The molecule has 0 aliphatic heterocycles. The van der Waals surface area contributed by atoms with Gasteiger partial charge in [-0.15, -0.1) is 5.10 Å². The molecule has 0 aliphatic rings. The zero-order valence-corrected chi connectivity index (χ0v) is 19.1. The molecule has 1 aromatic heterocycles. The number of benzene rings is 1. The molecule has 0 atom stereocenters. The van der Waals surface area contributed by atoms with Crippen LogP contribution in [0.1, 0.15) is 59.1 Å². The Morgan fingerprint density at radius 3 is 2.48 bits per heavy atom. The van der Waals surface area contributed by atoms with Gasteiger partial charge in [-0.2, -0.15) is 0 Å². The van der Waals surface area contributed by atoms with E-state index >= 15 is 0 Å². The molecule has 1 heterocycles. The van der Waals surface area contributed by atoms with Crippen LogP contribution < -0.4 is 0 Å². The Balaban J connectivity index is 1.64. The molecule has 0 aliphatic carbocycles. The summed E-state index contributed by atoms with van der Waals surface area (Å²) in [6.45, 7) is 10.3. The number of ether oxygens (including phenoxy) is 3. The van der Waals surface area contributed by atoms with E-state index < -0.39 is 11.6 Å². The van der Waals surface area contributed by atoms with Crippen molar-refractivity contribution in [2.24, 2.45) is 0 Å². The first kappa shape index (κ1) is 24.5. The van der Waals surface area contributed by atoms with Gasteiger partial charge in [0.2, 0.25) is 0 Å². The number of aromatic nitrogens is 3. The maximum atomic E-state index is 11.7. The number of hydrogen-bond acceptors (Lipinski definition) is 7. The van der Waals surface area contributed by atoms with Gasteiger partial charge in [-0.1, -0.05) is 23.4 Å². The van der Waals surface area contributed by atoms with Crippen LogP contribution in [0.4, 0.5) is 0 Å². The summed E-state index contributed by atoms with van der Waals surface area (Å²) in [5, 5.41) is 8.38. The van der Waals surface area contributed by atoms with E-state index in [0.717, 1.165) is 23.2 Å². The maximum absolute atomic E-state index is 11.7. The second kappa shape index (κ2) is 11.6. The van der Waals surface area contributed by atoms with Crippen molar-refractivity contribution in [3.63, 3.8) is 0 Å². The number of carbonyl (C=O) groups is 2. The first-order chi connectivity index (χ1) is 14.6. The third-order valence-electron chi connectivity index (χ3n) is 4.24. The molecule has 0 fully saturated rings. The summed E-state index contributed by atoms with van der Waals surface area (Å²) in [7, 11) is 0. The average Bonchev–Trinajstić information content (AvgIpc) is 3.17. The summed E-state index contributed by atoms with van der Waals surface area (Å²) in [5.74, 6) is -0.774. The fraction of sp³-hybridized carbons (Fsp3) is 0.565. The van der Waals surface area contributed by atoms with E-state index in [1.54, 1.807) is 20.8 Å². The highest BCUT2D eigenvalue weighted by atomic mass is 16.6. The molecule has 0 N–H and O–H groups in total. The Hall–Kier alpha value is -2.74. The zero-order valence-electron chi connectivity index (χ0n) is 19.1. The van der Waals surface area contributed by atoms with E-state index in [0.29, 0.717) is 6.61 Å². The predicted molar refractivity (Wildman–Crippen MR) is 116 cm³/mol. The van der Waals surface area contributed by atoms with Gasteiger partial charge in [0.25, 0.3) is 0 Å². The fourth-order valence-electron chi connectivity index (χ4n) is 2.71. The molecule has 0 bridgehead atoms. The molecule has 0 spiro atoms. The predicted octanol–water partition coefficient (Wildman–Crippen LogP) is 3.75. The summed E-state index contributed by atoms with van der Waals surface area (Å²) in [5.41, 5.74) is 2.43. The van der Waals surface area contributed by atoms with E-state index in [-0.39, 0.29) is 38.1 Å². The third kappa shape index (κ3) is 9.29. The smallest absolute Gasteiger partial charge is 0.309 e. The minimum Gasteiger partial charge on any atom is -0.465 e. The Morgan fingerprint density at radius 2 is 1.81 bits per heavy atom. The number of esters is 2. The lowest BCUT2D eigenvalue weighted by molar-refractivity contribution is -0.157. The second-order valence-corrected chi connectivity index (χ2v) is 8.55. The lowest BCUT2D eigenvalue weighted by Gasteiger charge is -2.19. The Kier molecular flexibility index (Phi) is 9.18. The zero-order chi connectivity index (χ0) is 22.9. The van der Waals surface area contributed by atoms with Gasteiger partial charge in [0.15, 0.2) is 0 Å². The normalized spacial score (nSPS) is 11.5. The van der Waals surface area contributed by atoms with Crippen molar-refractivity contribution in [2.75, 3.05) is 19.8 Å². The molecule has 0 saturated heterocycles. The van der Waals surface area contributed by atoms with Gasteiger partial charge in [-0.05, 0) is 52.7 Å². The highest BCUT2D eigenvalue weighted by Gasteiger charge is 2.16. The molecule has 170 valence electrons. The molecule has 0 radical (unpaired) electrons. The minimum absolute atomic E-state index is 0.0158. The standard InChI is InChI=1S/C23H33N3O5/c1-17(2)26-16-20(24-25-26)19-8-6-7-18(15-19)9-12-29-13-10-21(27)30-14-11-22(28)31-23(3,4)5/h6-8,15-17H,9-14H2,1-5H3. The molecular weight excluding hydrogens is 398 g/mol. The van der Waals surface area contributed by atoms with Crippen LogP contribution in [0.2, 0.25) is 0 Å². The SMILES string of the molecule is CC(C)n1cc(-c2cccc(CCOCCC(=O)OCCC(=O)OC(C)(C)C)c2)nn1. The van der Waals surface area contributed by atoms with Gasteiger partial charge in [0, 0.05) is 11.6 Å². The van der Waals surface area contributed by atoms with Gasteiger partial charge in [0.05, 0.1) is 32.3 Å². The third-order valence-corrected chi connectivity index (χ3v) is 4.24. The van der Waals surface area contributed by atoms with E-state index in [9.17, 15) is 9.59 Å². The van der Waals surface area contributed by atoms with Crippen molar-refractivity contribution in [2.45, 2.75) is 65.5 Å². The molecule has 8 heteroatoms. The molecule has 0 unspecified atom stereocenters. The van der Waals surface area contributed by atoms with Crippen molar-refractivity contribution < 1.29 is 23.8 Å². The Morgan fingerprint density at radius 1 is 1.06 bits per heavy atom. The van der Waals surface area contributed by atoms with Gasteiger partial charge in [-0.3, -0.25) is 9.59 Å². The van der Waals surface area contributed by atoms with Gasteiger partial charge in [0.1, 0.15) is 17.9 Å². The summed E-state index contributed by atoms with van der Waals surface area (Å²) in [6.07, 6.45) is 2.85. The van der Waals surface area contributed by atoms with E-state index in [1.165, 1.54) is 0 Å². The fourth-order valence-corrected chi connectivity index (χ4v) is 2.71. The molecule has 1 aromatic carbocycles. The van der Waals surface area contributed by atoms with Crippen molar-refractivity contribution in [3.8, 4) is 11.3 Å². The largest absolute Gasteiger partial charge is 0.465 e. The molecule has 2 aromatic rings. The lowest BCUT2D eigenvalue weighted by atomic mass is 10.1. The molecule has 0 amide bonds. The Bertz CT molecular complexity index is 855. The van der Waals surface area contributed by atoms with Gasteiger partial charge in [-0.25, -0.2) is 4.68 Å². The van der Waals surface area contributed by atoms with Gasteiger partial charge >= 0.3 is 11.9 Å². The molecular formula is C23H33N3O5. The van der Waals surface area contributed by atoms with Crippen molar-refractivity contribution in [3.05, 3.63) is 36.0 Å². The van der Waals surface area contributed by atoms with Crippen LogP contribution in [-0.4, -0.2) is 52.4 Å². The second-order valence-electron chi connectivity index (χ2n) is 8.55. The lowest BCUT2D eigenvalue weighted by Crippen LogP contribution is -2.24. The van der Waals surface area contributed by atoms with Crippen LogP contribution in [0.5, 0.6) is 0 Å². The van der Waals surface area contributed by atoms with E-state index in [2.05, 4.69) is 30.2 Å². The molecule has 0 saturated carbocycles. The van der Waals surface area contributed by atoms with Crippen LogP contribution in [0.15, 0.2) is 30.5 Å². The topological polar surface area (TPSA) is 92.5 Å². The van der Waals surface area contributed by atoms with Gasteiger partial charge < -0.3 is 14.2 Å². The van der Waals surface area contributed by atoms with E-state index in [4.69, 9.17) is 14.2 Å². The molecule has 2 rings (SSSR count). The van der Waals surface area contributed by atoms with Crippen molar-refractivity contribution in [1.29, 1.82) is 0 Å². The summed E-state index contributed by atoms with van der Waals surface area (Å²) in [6, 6.07) is 8.36.